The van der Waals surface area contributed by atoms with Crippen LogP contribution in [0.1, 0.15) is 18.5 Å². The number of methoxy groups -OCH3 is 1. The number of alkyl carbamates (subject to hydrolysis) is 1. The third-order valence-electron chi connectivity index (χ3n) is 2.31. The first-order valence-electron chi connectivity index (χ1n) is 5.46. The Kier molecular flexibility index (Phi) is 5.02. The van der Waals surface area contributed by atoms with E-state index in [4.69, 9.17) is 4.74 Å². The van der Waals surface area contributed by atoms with Crippen molar-refractivity contribution in [2.75, 3.05) is 13.7 Å². The average molecular weight is 277 g/mol. The lowest BCUT2D eigenvalue weighted by Gasteiger charge is -2.17. The Hall–Kier alpha value is -1.92. The van der Waals surface area contributed by atoms with Crippen LogP contribution in [0, 0.1) is 0 Å². The fourth-order valence-electron chi connectivity index (χ4n) is 1.47. The summed E-state index contributed by atoms with van der Waals surface area (Å²) in [6.45, 7) is 0.00415. The second kappa shape index (κ2) is 6.31. The fraction of sp³-hybridized carbons (Fsp3) is 0.417. The smallest absolute Gasteiger partial charge is 0.422 e. The number of amides is 1. The number of benzene rings is 1. The van der Waals surface area contributed by atoms with Gasteiger partial charge in [-0.25, -0.2) is 4.79 Å². The number of rotatable bonds is 4. The molecule has 0 aliphatic rings. The van der Waals surface area contributed by atoms with Crippen LogP contribution in [0.25, 0.3) is 0 Å². The maximum Gasteiger partial charge on any atom is 0.422 e. The summed E-state index contributed by atoms with van der Waals surface area (Å²) in [4.78, 5) is 11.2. The highest BCUT2D eigenvalue weighted by atomic mass is 19.4. The molecule has 4 nitrogen and oxygen atoms in total. The molecule has 0 radical (unpaired) electrons. The number of alkyl halides is 3. The molecule has 1 unspecified atom stereocenters. The molecule has 0 heterocycles. The van der Waals surface area contributed by atoms with Crippen LogP contribution in [0.3, 0.4) is 0 Å². The van der Waals surface area contributed by atoms with Gasteiger partial charge < -0.3 is 14.8 Å². The van der Waals surface area contributed by atoms with Gasteiger partial charge in [-0.2, -0.15) is 13.2 Å². The van der Waals surface area contributed by atoms with Crippen LogP contribution < -0.4 is 10.1 Å². The van der Waals surface area contributed by atoms with Crippen molar-refractivity contribution in [1.29, 1.82) is 0 Å². The molecule has 1 N–H and O–H groups in total. The van der Waals surface area contributed by atoms with E-state index in [1.807, 2.05) is 0 Å². The van der Waals surface area contributed by atoms with Crippen molar-refractivity contribution < 1.29 is 27.4 Å². The van der Waals surface area contributed by atoms with Gasteiger partial charge in [0.05, 0.1) is 13.2 Å². The lowest BCUT2D eigenvalue weighted by Crippen LogP contribution is -2.31. The number of carbonyl (C=O) groups is 1. The van der Waals surface area contributed by atoms with Crippen LogP contribution in [0.4, 0.5) is 18.0 Å². The average Bonchev–Trinajstić information content (AvgIpc) is 2.35. The summed E-state index contributed by atoms with van der Waals surface area (Å²) in [5.74, 6) is 0.533. The maximum absolute atomic E-state index is 11.9. The van der Waals surface area contributed by atoms with Crippen LogP contribution in [-0.2, 0) is 4.74 Å². The zero-order chi connectivity index (χ0) is 14.5. The van der Waals surface area contributed by atoms with E-state index in [-0.39, 0.29) is 0 Å². The third kappa shape index (κ3) is 5.07. The topological polar surface area (TPSA) is 47.6 Å². The van der Waals surface area contributed by atoms with E-state index in [9.17, 15) is 18.0 Å². The van der Waals surface area contributed by atoms with Crippen molar-refractivity contribution >= 4 is 6.09 Å². The third-order valence-corrected chi connectivity index (χ3v) is 2.31. The highest BCUT2D eigenvalue weighted by Crippen LogP contribution is 2.24. The fourth-order valence-corrected chi connectivity index (χ4v) is 1.47. The van der Waals surface area contributed by atoms with E-state index in [1.54, 1.807) is 31.2 Å². The SMILES string of the molecule is COc1ccccc1C(C)NC(=O)OCC(F)(F)F. The highest BCUT2D eigenvalue weighted by molar-refractivity contribution is 5.68. The first-order chi connectivity index (χ1) is 8.83. The Bertz CT molecular complexity index is 434. The Morgan fingerprint density at radius 1 is 1.37 bits per heavy atom. The molecule has 0 saturated carbocycles. The highest BCUT2D eigenvalue weighted by Gasteiger charge is 2.29. The quantitative estimate of drug-likeness (QED) is 0.920. The Morgan fingerprint density at radius 2 is 2.00 bits per heavy atom. The van der Waals surface area contributed by atoms with Crippen molar-refractivity contribution in [3.05, 3.63) is 29.8 Å². The van der Waals surface area contributed by atoms with Gasteiger partial charge in [0.1, 0.15) is 5.75 Å². The molecule has 7 heteroatoms. The Labute approximate surface area is 108 Å². The molecule has 1 aromatic rings. The molecule has 106 valence electrons. The number of carbonyl (C=O) groups excluding carboxylic acids is 1. The summed E-state index contributed by atoms with van der Waals surface area (Å²) >= 11 is 0. The molecule has 1 atom stereocenters. The molecule has 0 bridgehead atoms. The molecule has 0 aliphatic heterocycles. The number of hydrogen-bond acceptors (Lipinski definition) is 3. The van der Waals surface area contributed by atoms with Crippen molar-refractivity contribution in [2.45, 2.75) is 19.1 Å². The van der Waals surface area contributed by atoms with Gasteiger partial charge in [-0.1, -0.05) is 18.2 Å². The number of para-hydroxylation sites is 1. The molecule has 1 aromatic carbocycles. The van der Waals surface area contributed by atoms with E-state index in [0.717, 1.165) is 0 Å². The summed E-state index contributed by atoms with van der Waals surface area (Å²) in [5, 5.41) is 2.30. The van der Waals surface area contributed by atoms with Crippen LogP contribution in [0.2, 0.25) is 0 Å². The molecule has 0 saturated heterocycles. The molecule has 1 amide bonds. The maximum atomic E-state index is 11.9. The predicted octanol–water partition coefficient (Wildman–Crippen LogP) is 3.04. The zero-order valence-corrected chi connectivity index (χ0v) is 10.5. The van der Waals surface area contributed by atoms with Gasteiger partial charge in [-0.05, 0) is 13.0 Å². The van der Waals surface area contributed by atoms with Crippen molar-refractivity contribution in [1.82, 2.24) is 5.32 Å². The van der Waals surface area contributed by atoms with E-state index in [0.29, 0.717) is 11.3 Å². The summed E-state index contributed by atoms with van der Waals surface area (Å²) in [5.41, 5.74) is 0.647. The summed E-state index contributed by atoms with van der Waals surface area (Å²) < 4.78 is 44.8. The number of halogens is 3. The van der Waals surface area contributed by atoms with Crippen molar-refractivity contribution in [2.24, 2.45) is 0 Å². The molecular weight excluding hydrogens is 263 g/mol. The lowest BCUT2D eigenvalue weighted by atomic mass is 10.1. The number of ether oxygens (including phenoxy) is 2. The van der Waals surface area contributed by atoms with E-state index in [1.165, 1.54) is 7.11 Å². The molecule has 1 rings (SSSR count). The van der Waals surface area contributed by atoms with Crippen molar-refractivity contribution in [3.63, 3.8) is 0 Å². The Morgan fingerprint density at radius 3 is 2.58 bits per heavy atom. The second-order valence-corrected chi connectivity index (χ2v) is 3.80. The van der Waals surface area contributed by atoms with Crippen LogP contribution >= 0.6 is 0 Å². The van der Waals surface area contributed by atoms with E-state index in [2.05, 4.69) is 10.1 Å². The van der Waals surface area contributed by atoms with Gasteiger partial charge in [0.25, 0.3) is 0 Å². The van der Waals surface area contributed by atoms with Gasteiger partial charge in [-0.15, -0.1) is 0 Å². The molecule has 0 aromatic heterocycles. The summed E-state index contributed by atoms with van der Waals surface area (Å²) in [6.07, 6.45) is -5.67. The first kappa shape index (κ1) is 15.1. The normalized spacial score (nSPS) is 12.7. The molecule has 0 spiro atoms. The van der Waals surface area contributed by atoms with Crippen LogP contribution in [0.5, 0.6) is 5.75 Å². The standard InChI is InChI=1S/C12H14F3NO3/c1-8(9-5-3-4-6-10(9)18-2)16-11(17)19-7-12(13,14)15/h3-6,8H,7H2,1-2H3,(H,16,17). The van der Waals surface area contributed by atoms with Gasteiger partial charge in [0, 0.05) is 5.56 Å². The van der Waals surface area contributed by atoms with Gasteiger partial charge in [0.2, 0.25) is 0 Å². The minimum atomic E-state index is -4.54. The van der Waals surface area contributed by atoms with Gasteiger partial charge >= 0.3 is 12.3 Å². The summed E-state index contributed by atoms with van der Waals surface area (Å²) in [7, 11) is 1.47. The minimum Gasteiger partial charge on any atom is -0.496 e. The first-order valence-corrected chi connectivity index (χ1v) is 5.46. The molecule has 0 aliphatic carbocycles. The summed E-state index contributed by atoms with van der Waals surface area (Å²) in [6, 6.07) is 6.34. The largest absolute Gasteiger partial charge is 0.496 e. The monoisotopic (exact) mass is 277 g/mol. The minimum absolute atomic E-state index is 0.531. The lowest BCUT2D eigenvalue weighted by molar-refractivity contribution is -0.160. The van der Waals surface area contributed by atoms with Crippen LogP contribution in [-0.4, -0.2) is 26.0 Å². The number of hydrogen-bond donors (Lipinski definition) is 1. The van der Waals surface area contributed by atoms with E-state index >= 15 is 0 Å². The zero-order valence-electron chi connectivity index (χ0n) is 10.5. The molecular formula is C12H14F3NO3. The number of nitrogens with one attached hydrogen (secondary N) is 1. The van der Waals surface area contributed by atoms with Gasteiger partial charge in [-0.3, -0.25) is 0 Å². The molecule has 19 heavy (non-hydrogen) atoms. The second-order valence-electron chi connectivity index (χ2n) is 3.80. The Balaban J connectivity index is 2.59. The van der Waals surface area contributed by atoms with E-state index < -0.39 is 24.9 Å². The van der Waals surface area contributed by atoms with Crippen LogP contribution in [0.15, 0.2) is 24.3 Å². The van der Waals surface area contributed by atoms with Gasteiger partial charge in [0.15, 0.2) is 6.61 Å². The van der Waals surface area contributed by atoms with Crippen molar-refractivity contribution in [3.8, 4) is 5.75 Å². The molecule has 0 fully saturated rings. The predicted molar refractivity (Wildman–Crippen MR) is 61.9 cm³/mol.